The second-order valence-electron chi connectivity index (χ2n) is 4.43. The fraction of sp³-hybridized carbons (Fsp3) is 0.125. The van der Waals surface area contributed by atoms with Crippen molar-refractivity contribution in [3.8, 4) is 5.75 Å². The first-order valence-corrected chi connectivity index (χ1v) is 6.63. The number of carbonyl (C=O) groups excluding carboxylic acids is 2. The highest BCUT2D eigenvalue weighted by Crippen LogP contribution is 2.08. The van der Waals surface area contributed by atoms with E-state index >= 15 is 0 Å². The summed E-state index contributed by atoms with van der Waals surface area (Å²) in [6, 6.07) is 14.2. The Labute approximate surface area is 127 Å². The summed E-state index contributed by atoms with van der Waals surface area (Å²) in [5, 5.41) is 4.97. The van der Waals surface area contributed by atoms with Crippen molar-refractivity contribution in [3.05, 3.63) is 60.4 Å². The van der Waals surface area contributed by atoms with Crippen molar-refractivity contribution in [1.29, 1.82) is 0 Å². The molecule has 0 atom stereocenters. The molecule has 2 N–H and O–H groups in total. The van der Waals surface area contributed by atoms with Gasteiger partial charge in [-0.3, -0.25) is 9.59 Å². The zero-order valence-corrected chi connectivity index (χ0v) is 11.7. The van der Waals surface area contributed by atoms with Crippen molar-refractivity contribution < 1.29 is 18.7 Å². The molecule has 114 valence electrons. The summed E-state index contributed by atoms with van der Waals surface area (Å²) in [6.45, 7) is -0.359. The lowest BCUT2D eigenvalue weighted by atomic mass is 10.3. The molecule has 22 heavy (non-hydrogen) atoms. The number of nitrogens with one attached hydrogen (secondary N) is 2. The summed E-state index contributed by atoms with van der Waals surface area (Å²) >= 11 is 0. The van der Waals surface area contributed by atoms with Gasteiger partial charge in [0, 0.05) is 5.69 Å². The molecule has 0 aromatic heterocycles. The first kappa shape index (κ1) is 15.5. The number of halogens is 1. The number of rotatable bonds is 6. The van der Waals surface area contributed by atoms with Gasteiger partial charge in [-0.05, 0) is 36.4 Å². The number of hydrogen-bond donors (Lipinski definition) is 2. The van der Waals surface area contributed by atoms with Crippen LogP contribution in [0.1, 0.15) is 0 Å². The van der Waals surface area contributed by atoms with Crippen LogP contribution in [0.4, 0.5) is 10.1 Å². The molecule has 0 fully saturated rings. The van der Waals surface area contributed by atoms with Crippen LogP contribution in [-0.4, -0.2) is 25.0 Å². The quantitative estimate of drug-likeness (QED) is 0.857. The molecule has 0 bridgehead atoms. The number of anilines is 1. The Kier molecular flexibility index (Phi) is 5.48. The molecule has 0 aliphatic rings. The van der Waals surface area contributed by atoms with Gasteiger partial charge in [0.2, 0.25) is 5.91 Å². The molecule has 0 unspecified atom stereocenters. The predicted octanol–water partition coefficient (Wildman–Crippen LogP) is 1.96. The monoisotopic (exact) mass is 302 g/mol. The Morgan fingerprint density at radius 2 is 1.64 bits per heavy atom. The van der Waals surface area contributed by atoms with Crippen molar-refractivity contribution in [2.45, 2.75) is 0 Å². The molecule has 0 aliphatic heterocycles. The number of benzene rings is 2. The SMILES string of the molecule is O=C(COc1ccccc1)NCC(=O)Nc1ccc(F)cc1. The Bertz CT molecular complexity index is 630. The van der Waals surface area contributed by atoms with Crippen LogP contribution in [0.2, 0.25) is 0 Å². The number of carbonyl (C=O) groups is 2. The Hall–Kier alpha value is -2.89. The fourth-order valence-corrected chi connectivity index (χ4v) is 1.63. The molecule has 0 aliphatic carbocycles. The van der Waals surface area contributed by atoms with Crippen LogP contribution in [0.15, 0.2) is 54.6 Å². The van der Waals surface area contributed by atoms with Crippen LogP contribution in [0.5, 0.6) is 5.75 Å². The van der Waals surface area contributed by atoms with Crippen molar-refractivity contribution >= 4 is 17.5 Å². The Morgan fingerprint density at radius 3 is 2.32 bits per heavy atom. The van der Waals surface area contributed by atoms with E-state index < -0.39 is 11.8 Å². The predicted molar refractivity (Wildman–Crippen MR) is 80.0 cm³/mol. The second-order valence-corrected chi connectivity index (χ2v) is 4.43. The minimum atomic E-state index is -0.405. The molecule has 0 radical (unpaired) electrons. The highest BCUT2D eigenvalue weighted by Gasteiger charge is 2.06. The van der Waals surface area contributed by atoms with Crippen molar-refractivity contribution in [1.82, 2.24) is 5.32 Å². The van der Waals surface area contributed by atoms with Gasteiger partial charge in [0.15, 0.2) is 6.61 Å². The van der Waals surface area contributed by atoms with Gasteiger partial charge in [0.1, 0.15) is 11.6 Å². The molecule has 6 heteroatoms. The first-order valence-electron chi connectivity index (χ1n) is 6.63. The van der Waals surface area contributed by atoms with Crippen molar-refractivity contribution in [3.63, 3.8) is 0 Å². The van der Waals surface area contributed by atoms with Gasteiger partial charge < -0.3 is 15.4 Å². The molecule has 0 saturated carbocycles. The summed E-state index contributed by atoms with van der Waals surface area (Å²) in [5.41, 5.74) is 0.459. The number of amides is 2. The number of hydrogen-bond acceptors (Lipinski definition) is 3. The molecule has 0 heterocycles. The van der Waals surface area contributed by atoms with Gasteiger partial charge in [-0.25, -0.2) is 4.39 Å². The van der Waals surface area contributed by atoms with Gasteiger partial charge >= 0.3 is 0 Å². The van der Waals surface area contributed by atoms with Gasteiger partial charge in [-0.15, -0.1) is 0 Å². The zero-order valence-electron chi connectivity index (χ0n) is 11.7. The highest BCUT2D eigenvalue weighted by atomic mass is 19.1. The molecule has 2 rings (SSSR count). The standard InChI is InChI=1S/C16H15FN2O3/c17-12-6-8-13(9-7-12)19-15(20)10-18-16(21)11-22-14-4-2-1-3-5-14/h1-9H,10-11H2,(H,18,21)(H,19,20). The van der Waals surface area contributed by atoms with E-state index in [0.717, 1.165) is 0 Å². The van der Waals surface area contributed by atoms with Crippen LogP contribution in [0.25, 0.3) is 0 Å². The zero-order chi connectivity index (χ0) is 15.8. The lowest BCUT2D eigenvalue weighted by molar-refractivity contribution is -0.125. The van der Waals surface area contributed by atoms with E-state index in [1.165, 1.54) is 24.3 Å². The normalized spacial score (nSPS) is 9.86. The molecule has 2 aromatic rings. The summed E-state index contributed by atoms with van der Waals surface area (Å²) in [6.07, 6.45) is 0. The van der Waals surface area contributed by atoms with E-state index in [4.69, 9.17) is 4.74 Å². The van der Waals surface area contributed by atoms with Crippen LogP contribution >= 0.6 is 0 Å². The van der Waals surface area contributed by atoms with E-state index in [1.54, 1.807) is 24.3 Å². The molecular formula is C16H15FN2O3. The summed E-state index contributed by atoms with van der Waals surface area (Å²) in [4.78, 5) is 23.2. The van der Waals surface area contributed by atoms with Crippen LogP contribution in [-0.2, 0) is 9.59 Å². The first-order chi connectivity index (χ1) is 10.6. The Morgan fingerprint density at radius 1 is 0.955 bits per heavy atom. The highest BCUT2D eigenvalue weighted by molar-refractivity contribution is 5.94. The third-order valence-corrected chi connectivity index (χ3v) is 2.69. The summed E-state index contributed by atoms with van der Waals surface area (Å²) in [7, 11) is 0. The van der Waals surface area contributed by atoms with Crippen LogP contribution in [0, 0.1) is 5.82 Å². The fourth-order valence-electron chi connectivity index (χ4n) is 1.63. The van der Waals surface area contributed by atoms with Gasteiger partial charge in [-0.2, -0.15) is 0 Å². The van der Waals surface area contributed by atoms with E-state index in [-0.39, 0.29) is 19.0 Å². The molecular weight excluding hydrogens is 287 g/mol. The minimum Gasteiger partial charge on any atom is -0.484 e. The minimum absolute atomic E-state index is 0.173. The number of para-hydroxylation sites is 1. The van der Waals surface area contributed by atoms with Gasteiger partial charge in [0.05, 0.1) is 6.54 Å². The molecule has 5 nitrogen and oxygen atoms in total. The maximum atomic E-state index is 12.7. The largest absolute Gasteiger partial charge is 0.484 e. The molecule has 2 aromatic carbocycles. The van der Waals surface area contributed by atoms with Crippen molar-refractivity contribution in [2.24, 2.45) is 0 Å². The average Bonchev–Trinajstić information content (AvgIpc) is 2.54. The van der Waals surface area contributed by atoms with E-state index in [2.05, 4.69) is 10.6 Å². The molecule has 0 saturated heterocycles. The van der Waals surface area contributed by atoms with E-state index in [9.17, 15) is 14.0 Å². The van der Waals surface area contributed by atoms with E-state index in [0.29, 0.717) is 11.4 Å². The maximum absolute atomic E-state index is 12.7. The maximum Gasteiger partial charge on any atom is 0.258 e. The third kappa shape index (κ3) is 5.24. The third-order valence-electron chi connectivity index (χ3n) is 2.69. The second kappa shape index (κ2) is 7.78. The van der Waals surface area contributed by atoms with E-state index in [1.807, 2.05) is 6.07 Å². The van der Waals surface area contributed by atoms with Crippen LogP contribution < -0.4 is 15.4 Å². The number of ether oxygens (including phenoxy) is 1. The average molecular weight is 302 g/mol. The smallest absolute Gasteiger partial charge is 0.258 e. The summed E-state index contributed by atoms with van der Waals surface area (Å²) < 4.78 is 18.0. The van der Waals surface area contributed by atoms with Gasteiger partial charge in [-0.1, -0.05) is 18.2 Å². The molecule has 0 spiro atoms. The lowest BCUT2D eigenvalue weighted by Crippen LogP contribution is -2.35. The van der Waals surface area contributed by atoms with Crippen LogP contribution in [0.3, 0.4) is 0 Å². The summed E-state index contributed by atoms with van der Waals surface area (Å²) in [5.74, 6) is -0.615. The van der Waals surface area contributed by atoms with Gasteiger partial charge in [0.25, 0.3) is 5.91 Å². The molecule has 2 amide bonds. The Balaban J connectivity index is 1.69. The lowest BCUT2D eigenvalue weighted by Gasteiger charge is -2.08. The topological polar surface area (TPSA) is 67.4 Å². The van der Waals surface area contributed by atoms with Crippen molar-refractivity contribution in [2.75, 3.05) is 18.5 Å².